The molecule has 0 saturated heterocycles. The number of carboxylic acids is 1. The number of para-hydroxylation sites is 1. The second-order valence-electron chi connectivity index (χ2n) is 5.55. The molecule has 0 radical (unpaired) electrons. The van der Waals surface area contributed by atoms with Crippen molar-refractivity contribution in [3.05, 3.63) is 78.2 Å². The number of carboxylic acid groups (broad SMARTS) is 1. The summed E-state index contributed by atoms with van der Waals surface area (Å²) in [7, 11) is 0. The van der Waals surface area contributed by atoms with Gasteiger partial charge in [-0.3, -0.25) is 9.78 Å². The number of hydrogen-bond acceptors (Lipinski definition) is 4. The molecule has 0 unspecified atom stereocenters. The second kappa shape index (κ2) is 9.48. The smallest absolute Gasteiger partial charge is 0.337 e. The van der Waals surface area contributed by atoms with Crippen molar-refractivity contribution in [1.29, 1.82) is 0 Å². The molecule has 0 atom stereocenters. The third kappa shape index (κ3) is 5.05. The van der Waals surface area contributed by atoms with Gasteiger partial charge < -0.3 is 15.2 Å². The van der Waals surface area contributed by atoms with Crippen LogP contribution in [0.4, 0.5) is 10.1 Å². The molecule has 28 heavy (non-hydrogen) atoms. The topological polar surface area (TPSA) is 88.5 Å². The molecule has 6 nitrogen and oxygen atoms in total. The number of nitrogens with one attached hydrogen (secondary N) is 1. The van der Waals surface area contributed by atoms with Crippen LogP contribution in [0.15, 0.2) is 66.9 Å². The maximum atomic E-state index is 13.8. The number of carbonyl (C=O) groups excluding carboxylic acids is 1. The lowest BCUT2D eigenvalue weighted by Crippen LogP contribution is -2.21. The molecule has 2 N–H and O–H groups in total. The zero-order valence-corrected chi connectivity index (χ0v) is 15.3. The van der Waals surface area contributed by atoms with E-state index in [0.717, 1.165) is 0 Å². The maximum absolute atomic E-state index is 13.8. The Balaban J connectivity index is 0.00000280. The van der Waals surface area contributed by atoms with Crippen molar-refractivity contribution < 1.29 is 23.8 Å². The summed E-state index contributed by atoms with van der Waals surface area (Å²) >= 11 is 0. The fourth-order valence-corrected chi connectivity index (χ4v) is 2.41. The zero-order valence-electron chi connectivity index (χ0n) is 14.5. The van der Waals surface area contributed by atoms with Crippen LogP contribution in [0.3, 0.4) is 0 Å². The molecule has 3 aromatic rings. The molecule has 0 spiro atoms. The number of benzene rings is 2. The SMILES string of the molecule is Cl.O=C(COc1ccc(-c2ccccc2F)nc1)Nc1ccccc1C(=O)O. The summed E-state index contributed by atoms with van der Waals surface area (Å²) in [5, 5.41) is 11.6. The molecule has 1 heterocycles. The second-order valence-corrected chi connectivity index (χ2v) is 5.55. The van der Waals surface area contributed by atoms with Gasteiger partial charge in [-0.25, -0.2) is 9.18 Å². The van der Waals surface area contributed by atoms with E-state index in [1.165, 1.54) is 24.4 Å². The molecule has 8 heteroatoms. The molecule has 1 amide bonds. The summed E-state index contributed by atoms with van der Waals surface area (Å²) in [6, 6.07) is 15.5. The maximum Gasteiger partial charge on any atom is 0.337 e. The van der Waals surface area contributed by atoms with Crippen LogP contribution in [0.2, 0.25) is 0 Å². The standard InChI is InChI=1S/C20H15FN2O4.ClH/c21-16-7-3-1-5-14(16)17-10-9-13(11-22-17)27-12-19(24)23-18-8-4-2-6-15(18)20(25)26;/h1-11H,12H2,(H,23,24)(H,25,26);1H. The van der Waals surface area contributed by atoms with Crippen LogP contribution < -0.4 is 10.1 Å². The quantitative estimate of drug-likeness (QED) is 0.650. The summed E-state index contributed by atoms with van der Waals surface area (Å²) in [6.45, 7) is -0.325. The van der Waals surface area contributed by atoms with Gasteiger partial charge in [0.2, 0.25) is 0 Å². The van der Waals surface area contributed by atoms with Gasteiger partial charge >= 0.3 is 5.97 Å². The molecule has 3 rings (SSSR count). The van der Waals surface area contributed by atoms with Crippen LogP contribution in [0, 0.1) is 5.82 Å². The van der Waals surface area contributed by atoms with Crippen LogP contribution in [0.5, 0.6) is 5.75 Å². The van der Waals surface area contributed by atoms with Gasteiger partial charge in [-0.05, 0) is 36.4 Å². The summed E-state index contributed by atoms with van der Waals surface area (Å²) in [4.78, 5) is 27.3. The highest BCUT2D eigenvalue weighted by atomic mass is 35.5. The summed E-state index contributed by atoms with van der Waals surface area (Å²) in [6.07, 6.45) is 1.39. The highest BCUT2D eigenvalue weighted by Gasteiger charge is 2.12. The van der Waals surface area contributed by atoms with Crippen LogP contribution in [-0.4, -0.2) is 28.6 Å². The first-order chi connectivity index (χ1) is 13.0. The number of amides is 1. The highest BCUT2D eigenvalue weighted by molar-refractivity contribution is 6.00. The van der Waals surface area contributed by atoms with Crippen LogP contribution in [0.1, 0.15) is 10.4 Å². The average Bonchev–Trinajstić information content (AvgIpc) is 2.67. The number of ether oxygens (including phenoxy) is 1. The molecule has 0 aliphatic carbocycles. The first-order valence-corrected chi connectivity index (χ1v) is 8.00. The first kappa shape index (κ1) is 20.9. The molecular formula is C20H16ClFN2O4. The van der Waals surface area contributed by atoms with E-state index >= 15 is 0 Å². The van der Waals surface area contributed by atoms with Gasteiger partial charge in [0.25, 0.3) is 5.91 Å². The van der Waals surface area contributed by atoms with Crippen LogP contribution in [-0.2, 0) is 4.79 Å². The lowest BCUT2D eigenvalue weighted by Gasteiger charge is -2.10. The van der Waals surface area contributed by atoms with Gasteiger partial charge in [-0.15, -0.1) is 12.4 Å². The highest BCUT2D eigenvalue weighted by Crippen LogP contribution is 2.22. The van der Waals surface area contributed by atoms with Crippen molar-refractivity contribution in [1.82, 2.24) is 4.98 Å². The predicted molar refractivity (Wildman–Crippen MR) is 104 cm³/mol. The predicted octanol–water partition coefficient (Wildman–Crippen LogP) is 4.03. The molecule has 1 aromatic heterocycles. The van der Waals surface area contributed by atoms with E-state index in [1.807, 2.05) is 0 Å². The largest absolute Gasteiger partial charge is 0.482 e. The molecule has 0 bridgehead atoms. The van der Waals surface area contributed by atoms with Crippen LogP contribution >= 0.6 is 12.4 Å². The van der Waals surface area contributed by atoms with Crippen LogP contribution in [0.25, 0.3) is 11.3 Å². The number of carbonyl (C=O) groups is 2. The van der Waals surface area contributed by atoms with Crippen molar-refractivity contribution in [2.45, 2.75) is 0 Å². The zero-order chi connectivity index (χ0) is 19.2. The summed E-state index contributed by atoms with van der Waals surface area (Å²) in [5.74, 6) is -1.70. The van der Waals surface area contributed by atoms with E-state index in [1.54, 1.807) is 42.5 Å². The number of rotatable bonds is 6. The van der Waals surface area contributed by atoms with Crippen molar-refractivity contribution >= 4 is 30.0 Å². The normalized spacial score (nSPS) is 9.89. The van der Waals surface area contributed by atoms with E-state index in [2.05, 4.69) is 10.3 Å². The molecule has 0 fully saturated rings. The molecular weight excluding hydrogens is 387 g/mol. The first-order valence-electron chi connectivity index (χ1n) is 8.00. The number of hydrogen-bond donors (Lipinski definition) is 2. The number of aromatic nitrogens is 1. The van der Waals surface area contributed by atoms with Gasteiger partial charge in [-0.1, -0.05) is 24.3 Å². The molecule has 2 aromatic carbocycles. The number of nitrogens with zero attached hydrogens (tertiary/aromatic N) is 1. The van der Waals surface area contributed by atoms with E-state index in [4.69, 9.17) is 9.84 Å². The molecule has 0 aliphatic heterocycles. The third-order valence-corrected chi connectivity index (χ3v) is 3.69. The fourth-order valence-electron chi connectivity index (χ4n) is 2.41. The summed E-state index contributed by atoms with van der Waals surface area (Å²) in [5.41, 5.74) is 0.987. The Morgan fingerprint density at radius 3 is 2.43 bits per heavy atom. The molecule has 0 aliphatic rings. The number of aromatic carboxylic acids is 1. The Labute approximate surface area is 166 Å². The number of halogens is 2. The minimum Gasteiger partial charge on any atom is -0.482 e. The average molecular weight is 403 g/mol. The van der Waals surface area contributed by atoms with Crippen molar-refractivity contribution in [3.8, 4) is 17.0 Å². The van der Waals surface area contributed by atoms with Gasteiger partial charge in [0, 0.05) is 5.56 Å². The lowest BCUT2D eigenvalue weighted by molar-refractivity contribution is -0.118. The van der Waals surface area contributed by atoms with E-state index < -0.39 is 11.9 Å². The third-order valence-electron chi connectivity index (χ3n) is 3.69. The monoisotopic (exact) mass is 402 g/mol. The Hall–Kier alpha value is -3.45. The van der Waals surface area contributed by atoms with Crippen molar-refractivity contribution in [2.24, 2.45) is 0 Å². The van der Waals surface area contributed by atoms with E-state index in [9.17, 15) is 14.0 Å². The van der Waals surface area contributed by atoms with Crippen molar-refractivity contribution in [2.75, 3.05) is 11.9 Å². The lowest BCUT2D eigenvalue weighted by atomic mass is 10.1. The van der Waals surface area contributed by atoms with E-state index in [-0.39, 0.29) is 36.1 Å². The Morgan fingerprint density at radius 2 is 1.75 bits per heavy atom. The number of pyridine rings is 1. The van der Waals surface area contributed by atoms with Gasteiger partial charge in [-0.2, -0.15) is 0 Å². The van der Waals surface area contributed by atoms with E-state index in [0.29, 0.717) is 17.0 Å². The Bertz CT molecular complexity index is 980. The Kier molecular flexibility index (Phi) is 7.06. The van der Waals surface area contributed by atoms with Gasteiger partial charge in [0.15, 0.2) is 6.61 Å². The Morgan fingerprint density at radius 1 is 1.04 bits per heavy atom. The minimum atomic E-state index is -1.14. The molecule has 144 valence electrons. The fraction of sp³-hybridized carbons (Fsp3) is 0.0500. The van der Waals surface area contributed by atoms with Gasteiger partial charge in [0.1, 0.15) is 11.6 Å². The van der Waals surface area contributed by atoms with Gasteiger partial charge in [0.05, 0.1) is 23.1 Å². The minimum absolute atomic E-state index is 0. The summed E-state index contributed by atoms with van der Waals surface area (Å²) < 4.78 is 19.1. The number of anilines is 1. The van der Waals surface area contributed by atoms with Crippen molar-refractivity contribution in [3.63, 3.8) is 0 Å². The molecule has 0 saturated carbocycles.